The molecule has 0 fully saturated rings. The Bertz CT molecular complexity index is 1060. The number of aryl methyl sites for hydroxylation is 1. The zero-order valence-electron chi connectivity index (χ0n) is 16.3. The van der Waals surface area contributed by atoms with Crippen LogP contribution >= 0.6 is 23.1 Å². The summed E-state index contributed by atoms with van der Waals surface area (Å²) in [5.74, 6) is 0.119. The molecule has 3 rings (SSSR count). The molecule has 0 aliphatic heterocycles. The Kier molecular flexibility index (Phi) is 7.64. The number of anilines is 1. The molecule has 0 radical (unpaired) electrons. The minimum Gasteiger partial charge on any atom is -0.487 e. The highest BCUT2D eigenvalue weighted by atomic mass is 32.2. The molecular formula is C22H21N3O3S2. The normalized spacial score (nSPS) is 10.8. The monoisotopic (exact) mass is 439 g/mol. The zero-order chi connectivity index (χ0) is 21.3. The zero-order valence-corrected chi connectivity index (χ0v) is 18.0. The maximum Gasteiger partial charge on any atom is 0.248 e. The summed E-state index contributed by atoms with van der Waals surface area (Å²) in [6, 6.07) is 14.8. The van der Waals surface area contributed by atoms with Crippen LogP contribution in [0.3, 0.4) is 0 Å². The molecule has 8 heteroatoms. The summed E-state index contributed by atoms with van der Waals surface area (Å²) in [6.45, 7) is 2.32. The molecule has 1 aromatic heterocycles. The molecular weight excluding hydrogens is 418 g/mol. The lowest BCUT2D eigenvalue weighted by molar-refractivity contribution is -0.115. The molecule has 0 spiro atoms. The van der Waals surface area contributed by atoms with E-state index in [0.29, 0.717) is 18.0 Å². The fourth-order valence-corrected chi connectivity index (χ4v) is 3.90. The summed E-state index contributed by atoms with van der Waals surface area (Å²) in [5.41, 5.74) is 7.50. The van der Waals surface area contributed by atoms with E-state index in [-0.39, 0.29) is 11.7 Å². The molecule has 30 heavy (non-hydrogen) atoms. The van der Waals surface area contributed by atoms with Crippen molar-refractivity contribution < 1.29 is 14.3 Å². The van der Waals surface area contributed by atoms with Gasteiger partial charge in [0.15, 0.2) is 0 Å². The maximum atomic E-state index is 12.4. The number of nitrogens with one attached hydrogen (secondary N) is 1. The first-order chi connectivity index (χ1) is 14.5. The molecule has 1 heterocycles. The topological polar surface area (TPSA) is 94.3 Å². The number of thioether (sulfide) groups is 1. The number of hydrogen-bond acceptors (Lipinski definition) is 6. The van der Waals surface area contributed by atoms with Crippen LogP contribution in [-0.2, 0) is 16.2 Å². The average molecular weight is 440 g/mol. The molecule has 0 saturated heterocycles. The number of thiazole rings is 1. The first-order valence-electron chi connectivity index (χ1n) is 9.13. The predicted molar refractivity (Wildman–Crippen MR) is 122 cm³/mol. The van der Waals surface area contributed by atoms with Crippen LogP contribution < -0.4 is 15.8 Å². The van der Waals surface area contributed by atoms with Gasteiger partial charge in [-0.15, -0.1) is 23.1 Å². The second-order valence-electron chi connectivity index (χ2n) is 6.26. The summed E-state index contributed by atoms with van der Waals surface area (Å²) >= 11 is 2.86. The minimum atomic E-state index is -0.412. The summed E-state index contributed by atoms with van der Waals surface area (Å²) in [7, 11) is 0. The predicted octanol–water partition coefficient (Wildman–Crippen LogP) is 4.26. The quantitative estimate of drug-likeness (QED) is 0.384. The first-order valence-corrected chi connectivity index (χ1v) is 11.0. The summed E-state index contributed by atoms with van der Waals surface area (Å²) < 4.78 is 5.87. The van der Waals surface area contributed by atoms with E-state index in [1.54, 1.807) is 23.5 Å². The number of carbonyl (C=O) groups excluding carboxylic acids is 2. The summed E-state index contributed by atoms with van der Waals surface area (Å²) in [4.78, 5) is 28.6. The second-order valence-corrected chi connectivity index (χ2v) is 8.34. The lowest BCUT2D eigenvalue weighted by Gasteiger charge is -2.09. The van der Waals surface area contributed by atoms with Crippen LogP contribution in [-0.4, -0.2) is 22.6 Å². The highest BCUT2D eigenvalue weighted by molar-refractivity contribution is 8.00. The number of carbonyl (C=O) groups is 2. The number of primary amides is 1. The third kappa shape index (κ3) is 6.47. The molecule has 154 valence electrons. The SMILES string of the molecule is Cc1nc(COc2ccccc2/C=C/C(=O)Nc2ccccc2SCC(N)=O)cs1. The maximum absolute atomic E-state index is 12.4. The largest absolute Gasteiger partial charge is 0.487 e. The van der Waals surface area contributed by atoms with E-state index in [4.69, 9.17) is 10.5 Å². The molecule has 0 aliphatic carbocycles. The van der Waals surface area contributed by atoms with E-state index in [1.165, 1.54) is 17.8 Å². The van der Waals surface area contributed by atoms with Crippen molar-refractivity contribution in [2.24, 2.45) is 5.73 Å². The Morgan fingerprint density at radius 3 is 2.73 bits per heavy atom. The average Bonchev–Trinajstić information content (AvgIpc) is 3.15. The molecule has 0 aliphatic rings. The fourth-order valence-electron chi connectivity index (χ4n) is 2.56. The van der Waals surface area contributed by atoms with Crippen LogP contribution in [0.5, 0.6) is 5.75 Å². The molecule has 3 aromatic rings. The summed E-state index contributed by atoms with van der Waals surface area (Å²) in [5, 5.41) is 5.80. The lowest BCUT2D eigenvalue weighted by atomic mass is 10.2. The van der Waals surface area contributed by atoms with Gasteiger partial charge in [0.25, 0.3) is 0 Å². The number of ether oxygens (including phenoxy) is 1. The van der Waals surface area contributed by atoms with Crippen molar-refractivity contribution in [2.75, 3.05) is 11.1 Å². The van der Waals surface area contributed by atoms with E-state index >= 15 is 0 Å². The molecule has 3 N–H and O–H groups in total. The Balaban J connectivity index is 1.65. The van der Waals surface area contributed by atoms with Gasteiger partial charge in [0.2, 0.25) is 11.8 Å². The standard InChI is InChI=1S/C22H21N3O3S2/c1-15-24-17(13-29-15)12-28-19-8-4-2-6-16(19)10-11-22(27)25-18-7-3-5-9-20(18)30-14-21(23)26/h2-11,13H,12,14H2,1H3,(H2,23,26)(H,25,27)/b11-10+. The number of nitrogens with two attached hydrogens (primary N) is 1. The Morgan fingerprint density at radius 1 is 1.20 bits per heavy atom. The fraction of sp³-hybridized carbons (Fsp3) is 0.136. The molecule has 2 amide bonds. The van der Waals surface area contributed by atoms with Gasteiger partial charge < -0.3 is 15.8 Å². The van der Waals surface area contributed by atoms with Crippen molar-refractivity contribution in [3.8, 4) is 5.75 Å². The highest BCUT2D eigenvalue weighted by Gasteiger charge is 2.07. The van der Waals surface area contributed by atoms with Crippen molar-refractivity contribution in [3.05, 3.63) is 76.3 Å². The molecule has 0 bridgehead atoms. The second kappa shape index (κ2) is 10.6. The van der Waals surface area contributed by atoms with E-state index in [2.05, 4.69) is 10.3 Å². The van der Waals surface area contributed by atoms with Gasteiger partial charge in [0, 0.05) is 21.9 Å². The van der Waals surface area contributed by atoms with Crippen LogP contribution in [0.1, 0.15) is 16.3 Å². The van der Waals surface area contributed by atoms with Crippen molar-refractivity contribution in [2.45, 2.75) is 18.4 Å². The van der Waals surface area contributed by atoms with Gasteiger partial charge in [-0.25, -0.2) is 4.98 Å². The van der Waals surface area contributed by atoms with E-state index in [9.17, 15) is 9.59 Å². The van der Waals surface area contributed by atoms with Crippen LogP contribution in [0, 0.1) is 6.92 Å². The summed E-state index contributed by atoms with van der Waals surface area (Å²) in [6.07, 6.45) is 3.15. The van der Waals surface area contributed by atoms with Gasteiger partial charge in [-0.2, -0.15) is 0 Å². The number of nitrogens with zero attached hydrogens (tertiary/aromatic N) is 1. The number of benzene rings is 2. The Labute approximate surface area is 183 Å². The molecule has 0 unspecified atom stereocenters. The lowest BCUT2D eigenvalue weighted by Crippen LogP contribution is -2.13. The number of rotatable bonds is 9. The number of para-hydroxylation sites is 2. The molecule has 2 aromatic carbocycles. The van der Waals surface area contributed by atoms with Crippen molar-refractivity contribution in [1.29, 1.82) is 0 Å². The molecule has 0 atom stereocenters. The third-order valence-electron chi connectivity index (χ3n) is 3.89. The molecule has 6 nitrogen and oxygen atoms in total. The van der Waals surface area contributed by atoms with Gasteiger partial charge >= 0.3 is 0 Å². The van der Waals surface area contributed by atoms with E-state index in [1.807, 2.05) is 54.8 Å². The van der Waals surface area contributed by atoms with Crippen molar-refractivity contribution in [3.63, 3.8) is 0 Å². The van der Waals surface area contributed by atoms with Crippen LogP contribution in [0.15, 0.2) is 64.9 Å². The van der Waals surface area contributed by atoms with Crippen LogP contribution in [0.2, 0.25) is 0 Å². The van der Waals surface area contributed by atoms with E-state index < -0.39 is 5.91 Å². The number of hydrogen-bond donors (Lipinski definition) is 2. The van der Waals surface area contributed by atoms with Gasteiger partial charge in [-0.3, -0.25) is 9.59 Å². The van der Waals surface area contributed by atoms with Crippen molar-refractivity contribution in [1.82, 2.24) is 4.98 Å². The minimum absolute atomic E-state index is 0.145. The van der Waals surface area contributed by atoms with Crippen LogP contribution in [0.4, 0.5) is 5.69 Å². The van der Waals surface area contributed by atoms with Gasteiger partial charge in [-0.1, -0.05) is 30.3 Å². The highest BCUT2D eigenvalue weighted by Crippen LogP contribution is 2.27. The number of aromatic nitrogens is 1. The van der Waals surface area contributed by atoms with Gasteiger partial charge in [0.05, 0.1) is 22.1 Å². The van der Waals surface area contributed by atoms with Gasteiger partial charge in [0.1, 0.15) is 12.4 Å². The number of amides is 2. The Morgan fingerprint density at radius 2 is 1.97 bits per heavy atom. The smallest absolute Gasteiger partial charge is 0.248 e. The van der Waals surface area contributed by atoms with Gasteiger partial charge in [-0.05, 0) is 31.2 Å². The third-order valence-corrected chi connectivity index (χ3v) is 5.81. The Hall–Kier alpha value is -3.10. The first kappa shape index (κ1) is 21.6. The molecule has 0 saturated carbocycles. The van der Waals surface area contributed by atoms with Crippen molar-refractivity contribution >= 4 is 46.7 Å². The van der Waals surface area contributed by atoms with E-state index in [0.717, 1.165) is 21.2 Å². The van der Waals surface area contributed by atoms with Crippen LogP contribution in [0.25, 0.3) is 6.08 Å².